The Balaban J connectivity index is 1.77. The van der Waals surface area contributed by atoms with Crippen LogP contribution in [0.25, 0.3) is 0 Å². The molecule has 0 unspecified atom stereocenters. The number of nitrogens with zero attached hydrogens (tertiary/aromatic N) is 4. The van der Waals surface area contributed by atoms with Crippen LogP contribution in [0.4, 0.5) is 0 Å². The molecule has 0 aliphatic carbocycles. The molecule has 2 saturated heterocycles. The second kappa shape index (κ2) is 6.93. The summed E-state index contributed by atoms with van der Waals surface area (Å²) < 4.78 is 6.94. The van der Waals surface area contributed by atoms with Gasteiger partial charge in [0.05, 0.1) is 18.9 Å². The molecular weight excluding hydrogens is 308 g/mol. The molecule has 0 aromatic carbocycles. The molecule has 2 aliphatic rings. The lowest BCUT2D eigenvalue weighted by Gasteiger charge is -2.32. The predicted octanol–water partition coefficient (Wildman–Crippen LogP) is 1.01. The highest BCUT2D eigenvalue weighted by Crippen LogP contribution is 2.23. The first-order chi connectivity index (χ1) is 11.5. The number of carbonyl (C=O) groups is 2. The zero-order chi connectivity index (χ0) is 17.3. The summed E-state index contributed by atoms with van der Waals surface area (Å²) in [7, 11) is 1.79. The van der Waals surface area contributed by atoms with Crippen LogP contribution in [0.1, 0.15) is 48.8 Å². The van der Waals surface area contributed by atoms with Crippen LogP contribution in [-0.2, 0) is 16.6 Å². The normalized spacial score (nSPS) is 21.6. The van der Waals surface area contributed by atoms with Crippen LogP contribution in [0.5, 0.6) is 0 Å². The van der Waals surface area contributed by atoms with Gasteiger partial charge in [0.25, 0.3) is 5.91 Å². The van der Waals surface area contributed by atoms with E-state index < -0.39 is 0 Å². The molecular formula is C17H26N4O3. The highest BCUT2D eigenvalue weighted by atomic mass is 16.5. The Bertz CT molecular complexity index is 619. The first-order valence-electron chi connectivity index (χ1n) is 8.70. The van der Waals surface area contributed by atoms with E-state index in [-0.39, 0.29) is 23.8 Å². The van der Waals surface area contributed by atoms with E-state index in [4.69, 9.17) is 4.74 Å². The van der Waals surface area contributed by atoms with Crippen LogP contribution in [0.15, 0.2) is 6.07 Å². The maximum Gasteiger partial charge on any atom is 0.272 e. The quantitative estimate of drug-likeness (QED) is 0.827. The summed E-state index contributed by atoms with van der Waals surface area (Å²) in [5, 5.41) is 4.42. The summed E-state index contributed by atoms with van der Waals surface area (Å²) in [6, 6.07) is 1.50. The zero-order valence-corrected chi connectivity index (χ0v) is 14.7. The van der Waals surface area contributed by atoms with Crippen molar-refractivity contribution in [3.8, 4) is 0 Å². The van der Waals surface area contributed by atoms with Gasteiger partial charge in [-0.15, -0.1) is 0 Å². The molecule has 132 valence electrons. The number of carbonyl (C=O) groups excluding carboxylic acids is 2. The van der Waals surface area contributed by atoms with Gasteiger partial charge in [-0.25, -0.2) is 0 Å². The molecule has 0 spiro atoms. The first-order valence-corrected chi connectivity index (χ1v) is 8.70. The monoisotopic (exact) mass is 334 g/mol. The maximum absolute atomic E-state index is 13.0. The van der Waals surface area contributed by atoms with Gasteiger partial charge >= 0.3 is 0 Å². The number of hydrogen-bond acceptors (Lipinski definition) is 4. The number of hydrogen-bond donors (Lipinski definition) is 0. The van der Waals surface area contributed by atoms with Crippen molar-refractivity contribution in [1.82, 2.24) is 19.6 Å². The Morgan fingerprint density at radius 2 is 1.96 bits per heavy atom. The second-order valence-corrected chi connectivity index (χ2v) is 6.83. The number of likely N-dealkylation sites (tertiary alicyclic amines) is 1. The molecule has 1 atom stereocenters. The molecule has 0 bridgehead atoms. The Kier molecular flexibility index (Phi) is 4.89. The second-order valence-electron chi connectivity index (χ2n) is 6.83. The standard InChI is InChI=1S/C17H26N4O3/c1-12(2)13-11-15(19(3)18-13)17(23)21-6-4-5-14(21)16(22)20-7-9-24-10-8-20/h11-12,14H,4-10H2,1-3H3/t14-/m0/s1. The fourth-order valence-corrected chi connectivity index (χ4v) is 3.38. The van der Waals surface area contributed by atoms with E-state index in [2.05, 4.69) is 18.9 Å². The minimum absolute atomic E-state index is 0.0513. The molecule has 7 nitrogen and oxygen atoms in total. The molecule has 2 aliphatic heterocycles. The van der Waals surface area contributed by atoms with Crippen molar-refractivity contribution in [1.29, 1.82) is 0 Å². The summed E-state index contributed by atoms with van der Waals surface area (Å²) >= 11 is 0. The maximum atomic E-state index is 13.0. The Labute approximate surface area is 142 Å². The summed E-state index contributed by atoms with van der Waals surface area (Å²) in [6.45, 7) is 7.11. The van der Waals surface area contributed by atoms with Crippen LogP contribution >= 0.6 is 0 Å². The van der Waals surface area contributed by atoms with Crippen molar-refractivity contribution in [3.05, 3.63) is 17.5 Å². The third kappa shape index (κ3) is 3.17. The van der Waals surface area contributed by atoms with Gasteiger partial charge in [0.15, 0.2) is 0 Å². The average Bonchev–Trinajstić information content (AvgIpc) is 3.21. The lowest BCUT2D eigenvalue weighted by Crippen LogP contribution is -2.51. The Morgan fingerprint density at radius 3 is 2.58 bits per heavy atom. The molecule has 1 aromatic heterocycles. The van der Waals surface area contributed by atoms with Crippen molar-refractivity contribution < 1.29 is 14.3 Å². The van der Waals surface area contributed by atoms with E-state index in [0.717, 1.165) is 18.5 Å². The van der Waals surface area contributed by atoms with Crippen molar-refractivity contribution in [2.45, 2.75) is 38.6 Å². The van der Waals surface area contributed by atoms with Crippen LogP contribution in [-0.4, -0.2) is 70.3 Å². The molecule has 0 radical (unpaired) electrons. The summed E-state index contributed by atoms with van der Waals surface area (Å²) in [5.41, 5.74) is 1.46. The van der Waals surface area contributed by atoms with E-state index in [1.54, 1.807) is 16.6 Å². The number of aryl methyl sites for hydroxylation is 1. The lowest BCUT2D eigenvalue weighted by atomic mass is 10.1. The Morgan fingerprint density at radius 1 is 1.25 bits per heavy atom. The summed E-state index contributed by atoms with van der Waals surface area (Å²) in [4.78, 5) is 29.3. The highest BCUT2D eigenvalue weighted by molar-refractivity contribution is 5.97. The van der Waals surface area contributed by atoms with E-state index in [9.17, 15) is 9.59 Å². The van der Waals surface area contributed by atoms with Crippen LogP contribution in [0.3, 0.4) is 0 Å². The fraction of sp³-hybridized carbons (Fsp3) is 0.706. The van der Waals surface area contributed by atoms with Crippen molar-refractivity contribution in [2.24, 2.45) is 7.05 Å². The highest BCUT2D eigenvalue weighted by Gasteiger charge is 2.38. The van der Waals surface area contributed by atoms with Gasteiger partial charge in [0, 0.05) is 26.7 Å². The number of morpholine rings is 1. The largest absolute Gasteiger partial charge is 0.378 e. The van der Waals surface area contributed by atoms with Gasteiger partial charge in [-0.1, -0.05) is 13.8 Å². The van der Waals surface area contributed by atoms with Crippen LogP contribution in [0, 0.1) is 0 Å². The molecule has 0 N–H and O–H groups in total. The van der Waals surface area contributed by atoms with E-state index in [1.165, 1.54) is 0 Å². The third-order valence-corrected chi connectivity index (χ3v) is 4.83. The molecule has 24 heavy (non-hydrogen) atoms. The number of amides is 2. The SMILES string of the molecule is CC(C)c1cc(C(=O)N2CCC[C@H]2C(=O)N2CCOCC2)n(C)n1. The molecule has 7 heteroatoms. The molecule has 2 amide bonds. The van der Waals surface area contributed by atoms with Crippen LogP contribution in [0.2, 0.25) is 0 Å². The first kappa shape index (κ1) is 17.0. The molecule has 2 fully saturated rings. The molecule has 0 saturated carbocycles. The van der Waals surface area contributed by atoms with Crippen molar-refractivity contribution in [3.63, 3.8) is 0 Å². The summed E-state index contributed by atoms with van der Waals surface area (Å²) in [5.74, 6) is 0.221. The van der Waals surface area contributed by atoms with Crippen LogP contribution < -0.4 is 0 Å². The topological polar surface area (TPSA) is 67.7 Å². The number of aromatic nitrogens is 2. The van der Waals surface area contributed by atoms with Gasteiger partial charge in [-0.2, -0.15) is 5.10 Å². The Hall–Kier alpha value is -1.89. The minimum Gasteiger partial charge on any atom is -0.378 e. The molecule has 3 heterocycles. The van der Waals surface area contributed by atoms with Crippen molar-refractivity contribution in [2.75, 3.05) is 32.8 Å². The van der Waals surface area contributed by atoms with E-state index >= 15 is 0 Å². The van der Waals surface area contributed by atoms with Gasteiger partial charge in [0.1, 0.15) is 11.7 Å². The van der Waals surface area contributed by atoms with E-state index in [1.807, 2.05) is 11.0 Å². The van der Waals surface area contributed by atoms with Gasteiger partial charge in [-0.3, -0.25) is 14.3 Å². The lowest BCUT2D eigenvalue weighted by molar-refractivity contribution is -0.139. The minimum atomic E-state index is -0.354. The van der Waals surface area contributed by atoms with Gasteiger partial charge in [-0.05, 0) is 24.8 Å². The molecule has 1 aromatic rings. The number of rotatable bonds is 3. The van der Waals surface area contributed by atoms with Gasteiger partial charge < -0.3 is 14.5 Å². The van der Waals surface area contributed by atoms with E-state index in [0.29, 0.717) is 38.5 Å². The average molecular weight is 334 g/mol. The predicted molar refractivity (Wildman–Crippen MR) is 88.8 cm³/mol. The smallest absolute Gasteiger partial charge is 0.272 e. The molecule has 3 rings (SSSR count). The van der Waals surface area contributed by atoms with Gasteiger partial charge in [0.2, 0.25) is 5.91 Å². The number of ether oxygens (including phenoxy) is 1. The van der Waals surface area contributed by atoms with Crippen molar-refractivity contribution >= 4 is 11.8 Å². The summed E-state index contributed by atoms with van der Waals surface area (Å²) in [6.07, 6.45) is 1.60. The fourth-order valence-electron chi connectivity index (χ4n) is 3.38. The third-order valence-electron chi connectivity index (χ3n) is 4.83. The zero-order valence-electron chi connectivity index (χ0n) is 14.7.